The number of para-hydroxylation sites is 1. The van der Waals surface area contributed by atoms with Crippen molar-refractivity contribution >= 4 is 22.3 Å². The molecular formula is C18H10N4O3S. The minimum Gasteiger partial charge on any atom is -0.422 e. The van der Waals surface area contributed by atoms with Gasteiger partial charge in [0.1, 0.15) is 16.8 Å². The molecule has 0 aliphatic rings. The standard InChI is InChI=1S/C18H10N4O3S/c23-18-11(8-10-4-1-2-5-14(10)24-18)16-21-22-17(25-16)13-9-12(19-20-13)15-6-3-7-26-15/h1-9H,(H,19,20). The van der Waals surface area contributed by atoms with E-state index in [-0.39, 0.29) is 17.3 Å². The molecule has 1 N–H and O–H groups in total. The minimum atomic E-state index is -0.528. The Labute approximate surface area is 149 Å². The fourth-order valence-corrected chi connectivity index (χ4v) is 3.33. The molecule has 126 valence electrons. The zero-order chi connectivity index (χ0) is 17.5. The molecule has 4 heterocycles. The number of nitrogens with one attached hydrogen (secondary N) is 1. The highest BCUT2D eigenvalue weighted by molar-refractivity contribution is 7.13. The molecule has 0 aliphatic carbocycles. The summed E-state index contributed by atoms with van der Waals surface area (Å²) in [6, 6.07) is 14.7. The predicted octanol–water partition coefficient (Wildman–Crippen LogP) is 3.96. The molecular weight excluding hydrogens is 352 g/mol. The van der Waals surface area contributed by atoms with Crippen molar-refractivity contribution in [1.29, 1.82) is 0 Å². The first-order chi connectivity index (χ1) is 12.8. The number of H-pyrrole nitrogens is 1. The van der Waals surface area contributed by atoms with Gasteiger partial charge in [0.25, 0.3) is 11.8 Å². The van der Waals surface area contributed by atoms with Crippen LogP contribution in [0.15, 0.2) is 67.5 Å². The summed E-state index contributed by atoms with van der Waals surface area (Å²) >= 11 is 1.60. The van der Waals surface area contributed by atoms with Gasteiger partial charge in [0, 0.05) is 5.39 Å². The summed E-state index contributed by atoms with van der Waals surface area (Å²) < 4.78 is 11.0. The van der Waals surface area contributed by atoms with E-state index in [1.165, 1.54) is 0 Å². The van der Waals surface area contributed by atoms with Gasteiger partial charge in [-0.2, -0.15) is 5.10 Å². The van der Waals surface area contributed by atoms with Gasteiger partial charge in [-0.1, -0.05) is 24.3 Å². The van der Waals surface area contributed by atoms with E-state index in [2.05, 4.69) is 20.4 Å². The molecule has 26 heavy (non-hydrogen) atoms. The van der Waals surface area contributed by atoms with E-state index < -0.39 is 5.63 Å². The van der Waals surface area contributed by atoms with Crippen LogP contribution in [0.3, 0.4) is 0 Å². The van der Waals surface area contributed by atoms with Crippen molar-refractivity contribution < 1.29 is 8.83 Å². The number of hydrogen-bond donors (Lipinski definition) is 1. The van der Waals surface area contributed by atoms with Gasteiger partial charge in [-0.3, -0.25) is 5.10 Å². The first kappa shape index (κ1) is 14.8. The van der Waals surface area contributed by atoms with E-state index in [1.54, 1.807) is 29.5 Å². The van der Waals surface area contributed by atoms with Gasteiger partial charge < -0.3 is 8.83 Å². The highest BCUT2D eigenvalue weighted by atomic mass is 32.1. The molecule has 5 aromatic rings. The van der Waals surface area contributed by atoms with E-state index in [1.807, 2.05) is 35.7 Å². The number of benzene rings is 1. The van der Waals surface area contributed by atoms with Gasteiger partial charge in [-0.25, -0.2) is 4.79 Å². The Morgan fingerprint density at radius 3 is 2.73 bits per heavy atom. The molecule has 0 fully saturated rings. The third kappa shape index (κ3) is 2.44. The van der Waals surface area contributed by atoms with Crippen LogP contribution in [0.2, 0.25) is 0 Å². The molecule has 0 amide bonds. The molecule has 0 unspecified atom stereocenters. The Morgan fingerprint density at radius 1 is 0.962 bits per heavy atom. The van der Waals surface area contributed by atoms with E-state index in [0.717, 1.165) is 16.0 Å². The van der Waals surface area contributed by atoms with Crippen LogP contribution in [0, 0.1) is 0 Å². The molecule has 0 spiro atoms. The van der Waals surface area contributed by atoms with Gasteiger partial charge in [0.15, 0.2) is 0 Å². The summed E-state index contributed by atoms with van der Waals surface area (Å²) in [4.78, 5) is 13.3. The summed E-state index contributed by atoms with van der Waals surface area (Å²) in [5, 5.41) is 17.9. The average molecular weight is 362 g/mol. The molecule has 8 heteroatoms. The van der Waals surface area contributed by atoms with Gasteiger partial charge in [0.2, 0.25) is 0 Å². The lowest BCUT2D eigenvalue weighted by Gasteiger charge is -1.97. The zero-order valence-electron chi connectivity index (χ0n) is 13.2. The fourth-order valence-electron chi connectivity index (χ4n) is 2.64. The van der Waals surface area contributed by atoms with Crippen molar-refractivity contribution in [3.63, 3.8) is 0 Å². The lowest BCUT2D eigenvalue weighted by molar-refractivity contribution is 0.546. The molecule has 4 aromatic heterocycles. The number of aromatic nitrogens is 4. The third-order valence-corrected chi connectivity index (χ3v) is 4.78. The maximum Gasteiger partial charge on any atom is 0.349 e. The van der Waals surface area contributed by atoms with E-state index >= 15 is 0 Å². The van der Waals surface area contributed by atoms with Crippen molar-refractivity contribution in [3.8, 4) is 33.6 Å². The highest BCUT2D eigenvalue weighted by Crippen LogP contribution is 2.28. The number of thiophene rings is 1. The number of hydrogen-bond acceptors (Lipinski definition) is 7. The Hall–Kier alpha value is -3.52. The molecule has 0 saturated carbocycles. The van der Waals surface area contributed by atoms with Crippen LogP contribution in [-0.4, -0.2) is 20.4 Å². The van der Waals surface area contributed by atoms with Crippen molar-refractivity contribution in [3.05, 3.63) is 64.3 Å². The van der Waals surface area contributed by atoms with Gasteiger partial charge >= 0.3 is 5.63 Å². The molecule has 7 nitrogen and oxygen atoms in total. The fraction of sp³-hybridized carbons (Fsp3) is 0. The van der Waals surface area contributed by atoms with E-state index in [9.17, 15) is 4.79 Å². The van der Waals surface area contributed by atoms with Crippen LogP contribution in [0.4, 0.5) is 0 Å². The first-order valence-corrected chi connectivity index (χ1v) is 8.62. The van der Waals surface area contributed by atoms with E-state index in [4.69, 9.17) is 8.83 Å². The molecule has 5 rings (SSSR count). The Balaban J connectivity index is 1.55. The van der Waals surface area contributed by atoms with Crippen molar-refractivity contribution in [2.45, 2.75) is 0 Å². The molecule has 0 radical (unpaired) electrons. The Morgan fingerprint density at radius 2 is 1.85 bits per heavy atom. The third-order valence-electron chi connectivity index (χ3n) is 3.88. The SMILES string of the molecule is O=c1oc2ccccc2cc1-c1nnc(-c2cc(-c3cccs3)[nH]n2)o1. The number of nitrogens with zero attached hydrogens (tertiary/aromatic N) is 3. The van der Waals surface area contributed by atoms with Gasteiger partial charge in [-0.15, -0.1) is 21.5 Å². The monoisotopic (exact) mass is 362 g/mol. The highest BCUT2D eigenvalue weighted by Gasteiger charge is 2.17. The first-order valence-electron chi connectivity index (χ1n) is 7.74. The van der Waals surface area contributed by atoms with E-state index in [0.29, 0.717) is 11.3 Å². The predicted molar refractivity (Wildman–Crippen MR) is 96.7 cm³/mol. The topological polar surface area (TPSA) is 97.8 Å². The summed E-state index contributed by atoms with van der Waals surface area (Å²) in [5.41, 5.74) is 1.57. The summed E-state index contributed by atoms with van der Waals surface area (Å²) in [7, 11) is 0. The van der Waals surface area contributed by atoms with Crippen LogP contribution in [0.5, 0.6) is 0 Å². The Bertz CT molecular complexity index is 1270. The number of fused-ring (bicyclic) bond motifs is 1. The second kappa shape index (κ2) is 5.78. The summed E-state index contributed by atoms with van der Waals surface area (Å²) in [6.45, 7) is 0. The lowest BCUT2D eigenvalue weighted by atomic mass is 10.2. The molecule has 0 aliphatic heterocycles. The average Bonchev–Trinajstić information content (AvgIpc) is 3.40. The largest absolute Gasteiger partial charge is 0.422 e. The van der Waals surface area contributed by atoms with Crippen molar-refractivity contribution in [2.24, 2.45) is 0 Å². The molecule has 0 bridgehead atoms. The van der Waals surface area contributed by atoms with Crippen LogP contribution in [0.25, 0.3) is 44.6 Å². The summed E-state index contributed by atoms with van der Waals surface area (Å²) in [6.07, 6.45) is 0. The maximum atomic E-state index is 12.2. The maximum absolute atomic E-state index is 12.2. The zero-order valence-corrected chi connectivity index (χ0v) is 14.0. The van der Waals surface area contributed by atoms with Crippen LogP contribution in [-0.2, 0) is 0 Å². The van der Waals surface area contributed by atoms with Crippen molar-refractivity contribution in [1.82, 2.24) is 20.4 Å². The van der Waals surface area contributed by atoms with Gasteiger partial charge in [-0.05, 0) is 29.6 Å². The summed E-state index contributed by atoms with van der Waals surface area (Å²) in [5.74, 6) is 0.326. The lowest BCUT2D eigenvalue weighted by Crippen LogP contribution is -2.02. The van der Waals surface area contributed by atoms with Gasteiger partial charge in [0.05, 0.1) is 10.6 Å². The van der Waals surface area contributed by atoms with Crippen LogP contribution < -0.4 is 5.63 Å². The second-order valence-corrected chi connectivity index (χ2v) is 6.49. The van der Waals surface area contributed by atoms with Crippen molar-refractivity contribution in [2.75, 3.05) is 0 Å². The smallest absolute Gasteiger partial charge is 0.349 e. The Kier molecular flexibility index (Phi) is 3.29. The quantitative estimate of drug-likeness (QED) is 0.488. The number of rotatable bonds is 3. The minimum absolute atomic E-state index is 0.0974. The second-order valence-electron chi connectivity index (χ2n) is 5.54. The van der Waals surface area contributed by atoms with Crippen LogP contribution in [0.1, 0.15) is 0 Å². The molecule has 1 aromatic carbocycles. The molecule has 0 atom stereocenters. The molecule has 0 saturated heterocycles. The normalized spacial score (nSPS) is 11.2. The van der Waals surface area contributed by atoms with Crippen LogP contribution >= 0.6 is 11.3 Å². The number of aromatic amines is 1.